The van der Waals surface area contributed by atoms with Crippen LogP contribution in [-0.4, -0.2) is 27.9 Å². The van der Waals surface area contributed by atoms with Crippen molar-refractivity contribution in [1.82, 2.24) is 4.72 Å². The molecule has 0 amide bonds. The van der Waals surface area contributed by atoms with Crippen LogP contribution in [-0.2, 0) is 20.8 Å². The van der Waals surface area contributed by atoms with E-state index in [9.17, 15) is 13.6 Å². The molecule has 12 heavy (non-hydrogen) atoms. The number of nitrogens with one attached hydrogen (secondary N) is 1. The summed E-state index contributed by atoms with van der Waals surface area (Å²) in [4.78, 5) is 10.8. The number of hydrogen-bond acceptors (Lipinski definition) is 4. The van der Waals surface area contributed by atoms with E-state index < -0.39 is 23.3 Å². The molecule has 0 fully saturated rings. The molecule has 0 radical (unpaired) electrons. The van der Waals surface area contributed by atoms with Crippen molar-refractivity contribution in [2.24, 2.45) is 0 Å². The van der Waals surface area contributed by atoms with Crippen molar-refractivity contribution < 1.29 is 18.3 Å². The maximum atomic E-state index is 10.8. The zero-order valence-corrected chi connectivity index (χ0v) is 7.43. The first-order valence-electron chi connectivity index (χ1n) is 3.16. The van der Waals surface area contributed by atoms with Gasteiger partial charge in [0.15, 0.2) is 0 Å². The molecule has 0 aromatic rings. The molecule has 1 N–H and O–H groups in total. The summed E-state index contributed by atoms with van der Waals surface area (Å²) in [5.41, 5.74) is 0. The zero-order chi connectivity index (χ0) is 9.56. The van der Waals surface area contributed by atoms with Gasteiger partial charge in [0.25, 0.3) is 0 Å². The molecule has 0 heterocycles. The minimum Gasteiger partial charge on any atom is -0.760 e. The van der Waals surface area contributed by atoms with Crippen LogP contribution in [0.15, 0.2) is 12.7 Å². The fourth-order valence-electron chi connectivity index (χ4n) is 0.618. The molecule has 0 spiro atoms. The minimum absolute atomic E-state index is 0.209. The first-order valence-corrected chi connectivity index (χ1v) is 4.23. The van der Waals surface area contributed by atoms with Gasteiger partial charge < -0.3 is 9.29 Å². The van der Waals surface area contributed by atoms with Crippen LogP contribution in [0.2, 0.25) is 0 Å². The van der Waals surface area contributed by atoms with Crippen LogP contribution < -0.4 is 4.72 Å². The van der Waals surface area contributed by atoms with Gasteiger partial charge in [-0.1, -0.05) is 6.08 Å². The van der Waals surface area contributed by atoms with E-state index >= 15 is 0 Å². The molecule has 5 nitrogen and oxygen atoms in total. The molecular weight excluding hydrogens is 182 g/mol. The van der Waals surface area contributed by atoms with E-state index in [1.807, 2.05) is 4.72 Å². The van der Waals surface area contributed by atoms with E-state index in [1.54, 1.807) is 0 Å². The summed E-state index contributed by atoms with van der Waals surface area (Å²) in [6, 6.07) is -0.870. The zero-order valence-electron chi connectivity index (χ0n) is 6.61. The lowest BCUT2D eigenvalue weighted by Gasteiger charge is -2.15. The highest BCUT2D eigenvalue weighted by Gasteiger charge is 2.16. The van der Waals surface area contributed by atoms with Crippen molar-refractivity contribution in [1.29, 1.82) is 0 Å². The fourth-order valence-corrected chi connectivity index (χ4v) is 1.04. The third kappa shape index (κ3) is 4.22. The number of carbonyl (C=O) groups is 1. The second-order valence-corrected chi connectivity index (χ2v) is 2.66. The van der Waals surface area contributed by atoms with E-state index in [2.05, 4.69) is 11.3 Å². The minimum atomic E-state index is -2.47. The Balaban J connectivity index is 4.11. The highest BCUT2D eigenvalue weighted by atomic mass is 32.2. The van der Waals surface area contributed by atoms with Crippen molar-refractivity contribution in [2.75, 3.05) is 7.11 Å². The van der Waals surface area contributed by atoms with Crippen LogP contribution in [0, 0.1) is 0 Å². The average molecular weight is 192 g/mol. The molecular formula is C6H10NO4S-. The van der Waals surface area contributed by atoms with Crippen LogP contribution in [0.25, 0.3) is 0 Å². The maximum Gasteiger partial charge on any atom is 0.324 e. The van der Waals surface area contributed by atoms with Gasteiger partial charge in [0.1, 0.15) is 6.04 Å². The second-order valence-electron chi connectivity index (χ2n) is 1.95. The summed E-state index contributed by atoms with van der Waals surface area (Å²) in [6.45, 7) is 3.38. The van der Waals surface area contributed by atoms with E-state index in [1.165, 1.54) is 13.2 Å². The van der Waals surface area contributed by atoms with Gasteiger partial charge >= 0.3 is 5.97 Å². The Bertz CT molecular complexity index is 194. The predicted octanol–water partition coefficient (Wildman–Crippen LogP) is -0.512. The number of ether oxygens (including phenoxy) is 1. The summed E-state index contributed by atoms with van der Waals surface area (Å²) in [7, 11) is 1.19. The Labute approximate surface area is 73.2 Å². The van der Waals surface area contributed by atoms with Crippen LogP contribution in [0.1, 0.15) is 6.42 Å². The topological polar surface area (TPSA) is 78.5 Å². The lowest BCUT2D eigenvalue weighted by molar-refractivity contribution is -0.142. The van der Waals surface area contributed by atoms with E-state index in [0.29, 0.717) is 0 Å². The van der Waals surface area contributed by atoms with Crippen LogP contribution >= 0.6 is 0 Å². The third-order valence-corrected chi connectivity index (χ3v) is 1.60. The molecule has 0 aliphatic heterocycles. The molecule has 0 saturated carbocycles. The third-order valence-electron chi connectivity index (χ3n) is 1.13. The molecule has 2 atom stereocenters. The number of esters is 1. The SMILES string of the molecule is C=CC[C@H](NS(=O)[O-])C(=O)OC. The summed E-state index contributed by atoms with van der Waals surface area (Å²) in [5, 5.41) is 0. The second kappa shape index (κ2) is 5.87. The number of hydrogen-bond donors (Lipinski definition) is 1. The molecule has 0 rings (SSSR count). The lowest BCUT2D eigenvalue weighted by atomic mass is 10.2. The summed E-state index contributed by atoms with van der Waals surface area (Å²) < 4.78 is 26.6. The Morgan fingerprint density at radius 2 is 2.50 bits per heavy atom. The van der Waals surface area contributed by atoms with Crippen molar-refractivity contribution in [3.8, 4) is 0 Å². The highest BCUT2D eigenvalue weighted by molar-refractivity contribution is 7.77. The summed E-state index contributed by atoms with van der Waals surface area (Å²) in [6.07, 6.45) is 1.64. The van der Waals surface area contributed by atoms with E-state index in [-0.39, 0.29) is 6.42 Å². The van der Waals surface area contributed by atoms with Gasteiger partial charge in [-0.15, -0.1) is 6.58 Å². The Morgan fingerprint density at radius 3 is 2.83 bits per heavy atom. The van der Waals surface area contributed by atoms with E-state index in [0.717, 1.165) is 0 Å². The Morgan fingerprint density at radius 1 is 1.92 bits per heavy atom. The fraction of sp³-hybridized carbons (Fsp3) is 0.500. The lowest BCUT2D eigenvalue weighted by Crippen LogP contribution is -2.38. The number of methoxy groups -OCH3 is 1. The molecule has 0 aliphatic carbocycles. The van der Waals surface area contributed by atoms with Gasteiger partial charge in [-0.3, -0.25) is 9.00 Å². The quantitative estimate of drug-likeness (QED) is 0.361. The molecule has 0 saturated heterocycles. The molecule has 6 heteroatoms. The van der Waals surface area contributed by atoms with Crippen LogP contribution in [0.4, 0.5) is 0 Å². The smallest absolute Gasteiger partial charge is 0.324 e. The standard InChI is InChI=1S/C6H11NO4S/c1-3-4-5(6(8)11-2)7-12(9)10/h3,5,7H,1,4H2,2H3,(H,9,10)/p-1/t5-/m0/s1. The average Bonchev–Trinajstić information content (AvgIpc) is 2.01. The summed E-state index contributed by atoms with van der Waals surface area (Å²) >= 11 is -2.47. The van der Waals surface area contributed by atoms with Crippen LogP contribution in [0.5, 0.6) is 0 Å². The molecule has 0 bridgehead atoms. The van der Waals surface area contributed by atoms with Gasteiger partial charge in [-0.2, -0.15) is 0 Å². The van der Waals surface area contributed by atoms with Crippen molar-refractivity contribution in [2.45, 2.75) is 12.5 Å². The van der Waals surface area contributed by atoms with E-state index in [4.69, 9.17) is 0 Å². The van der Waals surface area contributed by atoms with Gasteiger partial charge in [0.05, 0.1) is 7.11 Å². The maximum absolute atomic E-state index is 10.8. The van der Waals surface area contributed by atoms with Crippen molar-refractivity contribution >= 4 is 17.2 Å². The Hall–Kier alpha value is -0.720. The first kappa shape index (κ1) is 11.3. The number of rotatable bonds is 5. The normalized spacial score (nSPS) is 14.8. The van der Waals surface area contributed by atoms with Gasteiger partial charge in [0, 0.05) is 11.3 Å². The molecule has 0 aromatic carbocycles. The monoisotopic (exact) mass is 192 g/mol. The number of carbonyl (C=O) groups excluding carboxylic acids is 1. The summed E-state index contributed by atoms with van der Waals surface area (Å²) in [5.74, 6) is -0.626. The van der Waals surface area contributed by atoms with Crippen LogP contribution in [0.3, 0.4) is 0 Å². The van der Waals surface area contributed by atoms with Crippen molar-refractivity contribution in [3.63, 3.8) is 0 Å². The van der Waals surface area contributed by atoms with Crippen molar-refractivity contribution in [3.05, 3.63) is 12.7 Å². The van der Waals surface area contributed by atoms with Gasteiger partial charge in [0.2, 0.25) is 0 Å². The first-order chi connectivity index (χ1) is 5.61. The molecule has 0 aliphatic rings. The van der Waals surface area contributed by atoms with Gasteiger partial charge in [-0.25, -0.2) is 4.72 Å². The highest BCUT2D eigenvalue weighted by Crippen LogP contribution is 1.95. The molecule has 70 valence electrons. The molecule has 1 unspecified atom stereocenters. The van der Waals surface area contributed by atoms with Gasteiger partial charge in [-0.05, 0) is 6.42 Å². The molecule has 0 aromatic heterocycles. The predicted molar refractivity (Wildman–Crippen MR) is 42.7 cm³/mol. The Kier molecular flexibility index (Phi) is 5.52. The largest absolute Gasteiger partial charge is 0.760 e.